The van der Waals surface area contributed by atoms with Crippen LogP contribution in [0.4, 0.5) is 0 Å². The zero-order valence-corrected chi connectivity index (χ0v) is 14.4. The minimum Gasteiger partial charge on any atom is -0.232 e. The molecule has 0 aliphatic heterocycles. The Morgan fingerprint density at radius 3 is 2.33 bits per heavy atom. The van der Waals surface area contributed by atoms with E-state index in [0.717, 1.165) is 16.9 Å². The van der Waals surface area contributed by atoms with E-state index in [1.54, 1.807) is 0 Å². The van der Waals surface area contributed by atoms with Crippen molar-refractivity contribution in [3.8, 4) is 0 Å². The molecule has 1 N–H and O–H groups in total. The standard InChI is InChI=1S/C14H17ClN2O2S2/c1-14(2,3)12(10-7-5-4-6-8-10)17-21(18,19)11-9-16-13(15)20-11/h4-9,12,17H,1-3H3. The van der Waals surface area contributed by atoms with Gasteiger partial charge in [0.2, 0.25) is 0 Å². The van der Waals surface area contributed by atoms with Crippen LogP contribution in [0.25, 0.3) is 0 Å². The number of rotatable bonds is 4. The summed E-state index contributed by atoms with van der Waals surface area (Å²) in [5, 5.41) is 0. The van der Waals surface area contributed by atoms with Gasteiger partial charge in [0.25, 0.3) is 10.0 Å². The SMILES string of the molecule is CC(C)(C)C(NS(=O)(=O)c1cnc(Cl)s1)c1ccccc1. The summed E-state index contributed by atoms with van der Waals surface area (Å²) in [4.78, 5) is 3.79. The molecule has 2 aromatic rings. The molecule has 7 heteroatoms. The van der Waals surface area contributed by atoms with Crippen LogP contribution in [0, 0.1) is 5.41 Å². The third-order valence-electron chi connectivity index (χ3n) is 2.99. The van der Waals surface area contributed by atoms with Crippen molar-refractivity contribution in [2.75, 3.05) is 0 Å². The van der Waals surface area contributed by atoms with Gasteiger partial charge < -0.3 is 0 Å². The Morgan fingerprint density at radius 1 is 1.24 bits per heavy atom. The van der Waals surface area contributed by atoms with Gasteiger partial charge in [0.1, 0.15) is 0 Å². The van der Waals surface area contributed by atoms with Crippen LogP contribution in [0.5, 0.6) is 0 Å². The quantitative estimate of drug-likeness (QED) is 0.916. The van der Waals surface area contributed by atoms with E-state index in [4.69, 9.17) is 11.6 Å². The Kier molecular flexibility index (Phi) is 4.72. The Bertz CT molecular complexity index is 706. The molecule has 0 spiro atoms. The van der Waals surface area contributed by atoms with Crippen LogP contribution >= 0.6 is 22.9 Å². The van der Waals surface area contributed by atoms with E-state index < -0.39 is 10.0 Å². The molecule has 1 heterocycles. The lowest BCUT2D eigenvalue weighted by molar-refractivity contribution is 0.304. The molecule has 1 aromatic heterocycles. The zero-order valence-electron chi connectivity index (χ0n) is 12.0. The van der Waals surface area contributed by atoms with Crippen LogP contribution in [0.2, 0.25) is 4.47 Å². The number of nitrogens with zero attached hydrogens (tertiary/aromatic N) is 1. The molecule has 0 saturated carbocycles. The highest BCUT2D eigenvalue weighted by Gasteiger charge is 2.31. The summed E-state index contributed by atoms with van der Waals surface area (Å²) >= 11 is 6.67. The number of halogens is 1. The maximum atomic E-state index is 12.5. The fourth-order valence-corrected chi connectivity index (χ4v) is 4.71. The van der Waals surface area contributed by atoms with Crippen LogP contribution in [0.15, 0.2) is 40.7 Å². The first-order valence-corrected chi connectivity index (χ1v) is 9.06. The molecular weight excluding hydrogens is 328 g/mol. The monoisotopic (exact) mass is 344 g/mol. The average Bonchev–Trinajstić information content (AvgIpc) is 2.83. The number of aromatic nitrogens is 1. The van der Waals surface area contributed by atoms with E-state index >= 15 is 0 Å². The zero-order chi connectivity index (χ0) is 15.7. The summed E-state index contributed by atoms with van der Waals surface area (Å²) in [5.41, 5.74) is 0.646. The molecule has 0 amide bonds. The fraction of sp³-hybridized carbons (Fsp3) is 0.357. The molecule has 0 bridgehead atoms. The molecule has 1 atom stereocenters. The van der Waals surface area contributed by atoms with Gasteiger partial charge in [0.15, 0.2) is 8.68 Å². The summed E-state index contributed by atoms with van der Waals surface area (Å²) in [7, 11) is -3.65. The molecule has 0 fully saturated rings. The van der Waals surface area contributed by atoms with Gasteiger partial charge in [-0.1, -0.05) is 74.0 Å². The molecule has 1 aromatic carbocycles. The summed E-state index contributed by atoms with van der Waals surface area (Å²) in [6.07, 6.45) is 1.28. The van der Waals surface area contributed by atoms with Crippen LogP contribution in [0.1, 0.15) is 32.4 Å². The Hall–Kier alpha value is -0.950. The molecule has 21 heavy (non-hydrogen) atoms. The average molecular weight is 345 g/mol. The van der Waals surface area contributed by atoms with Gasteiger partial charge in [-0.05, 0) is 11.0 Å². The number of hydrogen-bond donors (Lipinski definition) is 1. The number of hydrogen-bond acceptors (Lipinski definition) is 4. The molecule has 0 aliphatic carbocycles. The molecular formula is C14H17ClN2O2S2. The molecule has 0 aliphatic rings. The van der Waals surface area contributed by atoms with E-state index in [-0.39, 0.29) is 20.1 Å². The highest BCUT2D eigenvalue weighted by Crippen LogP contribution is 2.34. The van der Waals surface area contributed by atoms with Crippen LogP contribution < -0.4 is 4.72 Å². The topological polar surface area (TPSA) is 59.1 Å². The first kappa shape index (κ1) is 16.4. The fourth-order valence-electron chi connectivity index (χ4n) is 1.97. The van der Waals surface area contributed by atoms with Crippen molar-refractivity contribution in [2.45, 2.75) is 31.0 Å². The van der Waals surface area contributed by atoms with Crippen LogP contribution in [-0.2, 0) is 10.0 Å². The lowest BCUT2D eigenvalue weighted by Crippen LogP contribution is -2.36. The van der Waals surface area contributed by atoms with Gasteiger partial charge in [0.05, 0.1) is 12.2 Å². The normalized spacial score (nSPS) is 14.1. The van der Waals surface area contributed by atoms with E-state index in [1.807, 2.05) is 51.1 Å². The highest BCUT2D eigenvalue weighted by atomic mass is 35.5. The number of nitrogens with one attached hydrogen (secondary N) is 1. The van der Waals surface area contributed by atoms with Gasteiger partial charge in [-0.2, -0.15) is 0 Å². The molecule has 4 nitrogen and oxygen atoms in total. The van der Waals surface area contributed by atoms with Gasteiger partial charge in [0, 0.05) is 0 Å². The largest absolute Gasteiger partial charge is 0.252 e. The van der Waals surface area contributed by atoms with Gasteiger partial charge in [-0.25, -0.2) is 18.1 Å². The van der Waals surface area contributed by atoms with Gasteiger partial charge >= 0.3 is 0 Å². The van der Waals surface area contributed by atoms with Crippen molar-refractivity contribution < 1.29 is 8.42 Å². The van der Waals surface area contributed by atoms with E-state index in [9.17, 15) is 8.42 Å². The second-order valence-electron chi connectivity index (χ2n) is 5.76. The molecule has 1 unspecified atom stereocenters. The molecule has 114 valence electrons. The van der Waals surface area contributed by atoms with Crippen molar-refractivity contribution in [2.24, 2.45) is 5.41 Å². The minimum absolute atomic E-state index is 0.123. The third-order valence-corrected chi connectivity index (χ3v) is 5.99. The minimum atomic E-state index is -3.65. The van der Waals surface area contributed by atoms with E-state index in [1.165, 1.54) is 6.20 Å². The Balaban J connectivity index is 2.36. The lowest BCUT2D eigenvalue weighted by atomic mass is 9.83. The molecule has 2 rings (SSSR count). The highest BCUT2D eigenvalue weighted by molar-refractivity contribution is 7.91. The van der Waals surface area contributed by atoms with Crippen molar-refractivity contribution in [3.05, 3.63) is 46.6 Å². The number of thiazole rings is 1. The summed E-state index contributed by atoms with van der Waals surface area (Å²) < 4.78 is 28.0. The van der Waals surface area contributed by atoms with Crippen LogP contribution in [-0.4, -0.2) is 13.4 Å². The number of benzene rings is 1. The second-order valence-corrected chi connectivity index (χ2v) is 9.32. The Morgan fingerprint density at radius 2 is 1.86 bits per heavy atom. The lowest BCUT2D eigenvalue weighted by Gasteiger charge is -2.31. The van der Waals surface area contributed by atoms with Gasteiger partial charge in [-0.3, -0.25) is 0 Å². The summed E-state index contributed by atoms with van der Waals surface area (Å²) in [6.45, 7) is 5.98. The molecule has 0 saturated heterocycles. The second kappa shape index (κ2) is 6.04. The van der Waals surface area contributed by atoms with E-state index in [2.05, 4.69) is 9.71 Å². The maximum Gasteiger partial charge on any atom is 0.252 e. The maximum absolute atomic E-state index is 12.5. The summed E-state index contributed by atoms with van der Waals surface area (Å²) in [6, 6.07) is 9.18. The van der Waals surface area contributed by atoms with Crippen molar-refractivity contribution in [1.29, 1.82) is 0 Å². The Labute approximate surface area is 134 Å². The van der Waals surface area contributed by atoms with E-state index in [0.29, 0.717) is 0 Å². The number of sulfonamides is 1. The smallest absolute Gasteiger partial charge is 0.232 e. The predicted octanol–water partition coefficient (Wildman–Crippen LogP) is 3.86. The molecule has 0 radical (unpaired) electrons. The van der Waals surface area contributed by atoms with Gasteiger partial charge in [-0.15, -0.1) is 0 Å². The van der Waals surface area contributed by atoms with Crippen LogP contribution in [0.3, 0.4) is 0 Å². The summed E-state index contributed by atoms with van der Waals surface area (Å²) in [5.74, 6) is 0. The first-order valence-electron chi connectivity index (χ1n) is 6.39. The first-order chi connectivity index (χ1) is 9.70. The predicted molar refractivity (Wildman–Crippen MR) is 86.1 cm³/mol. The third kappa shape index (κ3) is 4.03. The van der Waals surface area contributed by atoms with Crippen molar-refractivity contribution in [3.63, 3.8) is 0 Å². The van der Waals surface area contributed by atoms with Crippen molar-refractivity contribution in [1.82, 2.24) is 9.71 Å². The van der Waals surface area contributed by atoms with Crippen molar-refractivity contribution >= 4 is 33.0 Å².